The molecular formula is C32H30N8O2S. The van der Waals surface area contributed by atoms with E-state index in [0.717, 1.165) is 51.1 Å². The monoisotopic (exact) mass is 590 g/mol. The van der Waals surface area contributed by atoms with Crippen LogP contribution >= 0.6 is 11.3 Å². The third-order valence-corrected chi connectivity index (χ3v) is 7.39. The van der Waals surface area contributed by atoms with Crippen molar-refractivity contribution < 1.29 is 9.53 Å². The zero-order valence-electron chi connectivity index (χ0n) is 23.9. The average Bonchev–Trinajstić information content (AvgIpc) is 3.65. The molecule has 10 nitrogen and oxygen atoms in total. The fraction of sp³-hybridized carbons (Fsp3) is 0.125. The second-order valence-electron chi connectivity index (χ2n) is 10.0. The number of fused-ring (bicyclic) bond motifs is 1. The number of anilines is 4. The number of thiophene rings is 1. The number of nitrogens with one attached hydrogen (secondary N) is 3. The molecule has 11 heteroatoms. The number of hydrogen-bond acceptors (Lipinski definition) is 8. The lowest BCUT2D eigenvalue weighted by atomic mass is 10.1. The van der Waals surface area contributed by atoms with Gasteiger partial charge in [0.25, 0.3) is 0 Å². The molecule has 4 heterocycles. The van der Waals surface area contributed by atoms with Crippen LogP contribution in [0.15, 0.2) is 96.6 Å². The lowest BCUT2D eigenvalue weighted by Crippen LogP contribution is -2.18. The molecule has 0 atom stereocenters. The average molecular weight is 591 g/mol. The topological polar surface area (TPSA) is 109 Å². The summed E-state index contributed by atoms with van der Waals surface area (Å²) in [6, 6.07) is 24.7. The van der Waals surface area contributed by atoms with Crippen LogP contribution < -0.4 is 20.7 Å². The molecular weight excluding hydrogens is 560 g/mol. The summed E-state index contributed by atoms with van der Waals surface area (Å²) in [5.41, 5.74) is 6.40. The molecule has 0 saturated heterocycles. The number of urea groups is 1. The van der Waals surface area contributed by atoms with Crippen molar-refractivity contribution >= 4 is 45.3 Å². The maximum absolute atomic E-state index is 12.6. The van der Waals surface area contributed by atoms with Gasteiger partial charge in [0.2, 0.25) is 5.95 Å². The Balaban J connectivity index is 1.33. The predicted molar refractivity (Wildman–Crippen MR) is 172 cm³/mol. The standard InChI is InChI=1S/C32H30N8O2S/c1-39(2)20-22-19-24(12-13-26(22)42-3)34-31-33-15-14-25(36-31)30-29(37-27-10-4-5-16-40(27)30)21-8-6-9-23(18-21)35-32(41)38-28-11-7-17-43-28/h4-19H,20H2,1-3H3,(H,33,34,36)(H2,35,38,41). The largest absolute Gasteiger partial charge is 0.496 e. The molecule has 6 rings (SSSR count). The van der Waals surface area contributed by atoms with Crippen molar-refractivity contribution in [3.63, 3.8) is 0 Å². The number of ether oxygens (including phenoxy) is 1. The van der Waals surface area contributed by atoms with E-state index < -0.39 is 0 Å². The van der Waals surface area contributed by atoms with Crippen molar-refractivity contribution in [1.82, 2.24) is 24.3 Å². The van der Waals surface area contributed by atoms with Crippen molar-refractivity contribution in [3.05, 3.63) is 102 Å². The zero-order chi connectivity index (χ0) is 29.8. The summed E-state index contributed by atoms with van der Waals surface area (Å²) >= 11 is 1.46. The van der Waals surface area contributed by atoms with Gasteiger partial charge in [0.15, 0.2) is 0 Å². The molecule has 0 aliphatic carbocycles. The minimum absolute atomic E-state index is 0.311. The summed E-state index contributed by atoms with van der Waals surface area (Å²) in [6.07, 6.45) is 3.69. The molecule has 0 bridgehead atoms. The van der Waals surface area contributed by atoms with Gasteiger partial charge in [0, 0.05) is 41.4 Å². The predicted octanol–water partition coefficient (Wildman–Crippen LogP) is 6.98. The van der Waals surface area contributed by atoms with Crippen LogP contribution in [0, 0.1) is 0 Å². The van der Waals surface area contributed by atoms with Crippen LogP contribution in [0.5, 0.6) is 5.75 Å². The zero-order valence-corrected chi connectivity index (χ0v) is 24.7. The molecule has 43 heavy (non-hydrogen) atoms. The lowest BCUT2D eigenvalue weighted by Gasteiger charge is -2.15. The van der Waals surface area contributed by atoms with Crippen molar-refractivity contribution in [1.29, 1.82) is 0 Å². The lowest BCUT2D eigenvalue weighted by molar-refractivity contribution is 0.262. The number of carbonyl (C=O) groups excluding carboxylic acids is 1. The molecule has 0 aliphatic rings. The van der Waals surface area contributed by atoms with Crippen molar-refractivity contribution in [2.24, 2.45) is 0 Å². The molecule has 0 saturated carbocycles. The minimum atomic E-state index is -0.311. The highest BCUT2D eigenvalue weighted by molar-refractivity contribution is 7.14. The van der Waals surface area contributed by atoms with Gasteiger partial charge in [0.1, 0.15) is 11.4 Å². The van der Waals surface area contributed by atoms with Gasteiger partial charge in [-0.05, 0) is 80.1 Å². The van der Waals surface area contributed by atoms with Crippen molar-refractivity contribution in [2.75, 3.05) is 37.2 Å². The van der Waals surface area contributed by atoms with E-state index in [2.05, 4.69) is 25.8 Å². The van der Waals surface area contributed by atoms with Crippen LogP contribution in [-0.4, -0.2) is 51.5 Å². The molecule has 0 fully saturated rings. The number of amides is 2. The Labute approximate surface area is 253 Å². The van der Waals surface area contributed by atoms with Crippen LogP contribution in [0.2, 0.25) is 0 Å². The fourth-order valence-electron chi connectivity index (χ4n) is 4.81. The maximum Gasteiger partial charge on any atom is 0.324 e. The number of imidazole rings is 1. The van der Waals surface area contributed by atoms with E-state index >= 15 is 0 Å². The van der Waals surface area contributed by atoms with E-state index in [-0.39, 0.29) is 6.03 Å². The first-order chi connectivity index (χ1) is 21.0. The highest BCUT2D eigenvalue weighted by atomic mass is 32.1. The minimum Gasteiger partial charge on any atom is -0.496 e. The summed E-state index contributed by atoms with van der Waals surface area (Å²) in [5.74, 6) is 1.28. The number of hydrogen-bond donors (Lipinski definition) is 3. The first kappa shape index (κ1) is 27.9. The molecule has 2 aromatic carbocycles. The van der Waals surface area contributed by atoms with Gasteiger partial charge >= 0.3 is 6.03 Å². The third kappa shape index (κ3) is 6.32. The summed E-state index contributed by atoms with van der Waals surface area (Å²) in [6.45, 7) is 0.731. The van der Waals surface area contributed by atoms with Crippen molar-refractivity contribution in [3.8, 4) is 28.4 Å². The summed E-state index contributed by atoms with van der Waals surface area (Å²) < 4.78 is 7.55. The quantitative estimate of drug-likeness (QED) is 0.167. The fourth-order valence-corrected chi connectivity index (χ4v) is 5.42. The summed E-state index contributed by atoms with van der Waals surface area (Å²) in [7, 11) is 5.71. The molecule has 4 aromatic heterocycles. The number of pyridine rings is 1. The SMILES string of the molecule is COc1ccc(Nc2nccc(-c3c(-c4cccc(NC(=O)Nc5cccs5)c4)nc4ccccn34)n2)cc1CN(C)C. The molecule has 2 amide bonds. The second kappa shape index (κ2) is 12.3. The highest BCUT2D eigenvalue weighted by Crippen LogP contribution is 2.34. The number of carbonyl (C=O) groups is 1. The Hall–Kier alpha value is -5.26. The summed E-state index contributed by atoms with van der Waals surface area (Å²) in [5, 5.41) is 11.8. The van der Waals surface area contributed by atoms with Crippen LogP contribution in [0.25, 0.3) is 28.3 Å². The van der Waals surface area contributed by atoms with Gasteiger partial charge in [-0.2, -0.15) is 0 Å². The maximum atomic E-state index is 12.6. The third-order valence-electron chi connectivity index (χ3n) is 6.60. The first-order valence-corrected chi connectivity index (χ1v) is 14.5. The second-order valence-corrected chi connectivity index (χ2v) is 11.0. The number of methoxy groups -OCH3 is 1. The van der Waals surface area contributed by atoms with E-state index in [0.29, 0.717) is 17.3 Å². The van der Waals surface area contributed by atoms with E-state index in [1.807, 2.05) is 109 Å². The number of benzene rings is 2. The van der Waals surface area contributed by atoms with E-state index in [4.69, 9.17) is 14.7 Å². The Bertz CT molecular complexity index is 1880. The summed E-state index contributed by atoms with van der Waals surface area (Å²) in [4.78, 5) is 29.0. The smallest absolute Gasteiger partial charge is 0.324 e. The number of aromatic nitrogens is 4. The molecule has 0 unspecified atom stereocenters. The molecule has 0 spiro atoms. The van der Waals surface area contributed by atoms with Crippen LogP contribution in [0.3, 0.4) is 0 Å². The Morgan fingerprint density at radius 1 is 0.953 bits per heavy atom. The van der Waals surface area contributed by atoms with E-state index in [1.54, 1.807) is 13.3 Å². The molecule has 216 valence electrons. The van der Waals surface area contributed by atoms with Gasteiger partial charge in [-0.3, -0.25) is 9.72 Å². The molecule has 3 N–H and O–H groups in total. The van der Waals surface area contributed by atoms with Crippen LogP contribution in [-0.2, 0) is 6.54 Å². The molecule has 0 aliphatic heterocycles. The van der Waals surface area contributed by atoms with Crippen LogP contribution in [0.4, 0.5) is 27.1 Å². The van der Waals surface area contributed by atoms with Crippen molar-refractivity contribution in [2.45, 2.75) is 6.54 Å². The molecule has 0 radical (unpaired) electrons. The van der Waals surface area contributed by atoms with Gasteiger partial charge in [0.05, 0.1) is 29.2 Å². The number of nitrogens with zero attached hydrogens (tertiary/aromatic N) is 5. The van der Waals surface area contributed by atoms with E-state index in [9.17, 15) is 4.79 Å². The Morgan fingerprint density at radius 2 is 1.86 bits per heavy atom. The number of rotatable bonds is 9. The Morgan fingerprint density at radius 3 is 2.67 bits per heavy atom. The van der Waals surface area contributed by atoms with Gasteiger partial charge < -0.3 is 20.3 Å². The van der Waals surface area contributed by atoms with Gasteiger partial charge in [-0.1, -0.05) is 18.2 Å². The van der Waals surface area contributed by atoms with Gasteiger partial charge in [-0.25, -0.2) is 19.7 Å². The van der Waals surface area contributed by atoms with Gasteiger partial charge in [-0.15, -0.1) is 11.3 Å². The first-order valence-electron chi connectivity index (χ1n) is 13.6. The van der Waals surface area contributed by atoms with Crippen LogP contribution in [0.1, 0.15) is 5.56 Å². The van der Waals surface area contributed by atoms with E-state index in [1.165, 1.54) is 11.3 Å². The Kier molecular flexibility index (Phi) is 7.98. The highest BCUT2D eigenvalue weighted by Gasteiger charge is 2.18. The molecule has 6 aromatic rings. The normalized spacial score (nSPS) is 11.1.